The highest BCUT2D eigenvalue weighted by Crippen LogP contribution is 2.42. The molecule has 2 heterocycles. The first-order valence-corrected chi connectivity index (χ1v) is 10.5. The van der Waals surface area contributed by atoms with Gasteiger partial charge in [-0.15, -0.1) is 5.10 Å². The van der Waals surface area contributed by atoms with Gasteiger partial charge in [-0.3, -0.25) is 4.18 Å². The van der Waals surface area contributed by atoms with E-state index in [2.05, 4.69) is 19.5 Å². The lowest BCUT2D eigenvalue weighted by Gasteiger charge is -2.14. The van der Waals surface area contributed by atoms with E-state index in [4.69, 9.17) is 0 Å². The highest BCUT2D eigenvalue weighted by atomic mass is 32.2. The number of hydrogen-bond donors (Lipinski definition) is 0. The molecule has 2 aromatic heterocycles. The minimum Gasteiger partial charge on any atom is -0.273 e. The van der Waals surface area contributed by atoms with Gasteiger partial charge in [0.15, 0.2) is 0 Å². The van der Waals surface area contributed by atoms with Crippen LogP contribution in [0.2, 0.25) is 0 Å². The molecule has 0 unspecified atom stereocenters. The number of rotatable bonds is 6. The maximum absolute atomic E-state index is 14.6. The summed E-state index contributed by atoms with van der Waals surface area (Å²) in [5.74, 6) is -1.56. The van der Waals surface area contributed by atoms with Crippen molar-refractivity contribution in [2.75, 3.05) is 7.11 Å². The number of benzene rings is 1. The van der Waals surface area contributed by atoms with E-state index in [0.717, 1.165) is 38.2 Å². The summed E-state index contributed by atoms with van der Waals surface area (Å²) in [7, 11) is -3.01. The Kier molecular flexibility index (Phi) is 5.01. The standard InChI is InChI=1S/C18H16F4N4O3S/c1-29-30(27,28)9-11-4-5-13(17(19)23-11)12-6-7-14-16(15(12)18(20,21)22)24-25-26(14)8-10-2-3-10/h4-7,10H,2-3,8-9H2,1H3. The minimum atomic E-state index is -4.82. The number of halogens is 4. The molecule has 1 aromatic carbocycles. The van der Waals surface area contributed by atoms with Gasteiger partial charge in [0, 0.05) is 17.7 Å². The van der Waals surface area contributed by atoms with Crippen LogP contribution in [0.3, 0.4) is 0 Å². The maximum Gasteiger partial charge on any atom is 0.419 e. The second-order valence-corrected chi connectivity index (χ2v) is 8.82. The van der Waals surface area contributed by atoms with E-state index in [1.807, 2.05) is 0 Å². The van der Waals surface area contributed by atoms with Crippen LogP contribution in [0.15, 0.2) is 24.3 Å². The van der Waals surface area contributed by atoms with Gasteiger partial charge in [0.1, 0.15) is 11.3 Å². The predicted octanol–water partition coefficient (Wildman–Crippen LogP) is 3.54. The van der Waals surface area contributed by atoms with E-state index in [0.29, 0.717) is 12.5 Å². The number of aromatic nitrogens is 4. The van der Waals surface area contributed by atoms with Crippen LogP contribution in [0.25, 0.3) is 22.2 Å². The quantitative estimate of drug-likeness (QED) is 0.328. The lowest BCUT2D eigenvalue weighted by molar-refractivity contribution is -0.135. The van der Waals surface area contributed by atoms with Crippen LogP contribution in [0.5, 0.6) is 0 Å². The average Bonchev–Trinajstić information content (AvgIpc) is 3.39. The van der Waals surface area contributed by atoms with Crippen LogP contribution in [-0.4, -0.2) is 35.5 Å². The summed E-state index contributed by atoms with van der Waals surface area (Å²) in [5, 5.41) is 7.56. The van der Waals surface area contributed by atoms with Crippen molar-refractivity contribution in [2.24, 2.45) is 5.92 Å². The summed E-state index contributed by atoms with van der Waals surface area (Å²) < 4.78 is 85.1. The zero-order chi connectivity index (χ0) is 21.7. The normalized spacial score (nSPS) is 15.1. The summed E-state index contributed by atoms with van der Waals surface area (Å²) in [6.45, 7) is 0.478. The molecule has 0 saturated heterocycles. The second-order valence-electron chi connectivity index (χ2n) is 7.08. The van der Waals surface area contributed by atoms with Crippen LogP contribution < -0.4 is 0 Å². The number of nitrogens with zero attached hydrogens (tertiary/aromatic N) is 4. The van der Waals surface area contributed by atoms with Gasteiger partial charge in [0.2, 0.25) is 5.95 Å². The molecule has 1 aliphatic carbocycles. The van der Waals surface area contributed by atoms with E-state index in [1.54, 1.807) is 0 Å². The molecule has 1 aliphatic rings. The molecule has 3 aromatic rings. The number of pyridine rings is 1. The highest BCUT2D eigenvalue weighted by Gasteiger charge is 2.38. The molecule has 7 nitrogen and oxygen atoms in total. The van der Waals surface area contributed by atoms with Crippen LogP contribution in [0.1, 0.15) is 24.1 Å². The van der Waals surface area contributed by atoms with Crippen molar-refractivity contribution in [3.05, 3.63) is 41.5 Å². The fourth-order valence-corrected chi connectivity index (χ4v) is 3.86. The van der Waals surface area contributed by atoms with Crippen LogP contribution in [-0.2, 0) is 32.8 Å². The molecule has 0 radical (unpaired) electrons. The van der Waals surface area contributed by atoms with E-state index in [9.17, 15) is 26.0 Å². The molecule has 160 valence electrons. The van der Waals surface area contributed by atoms with Gasteiger partial charge in [-0.1, -0.05) is 11.3 Å². The van der Waals surface area contributed by atoms with E-state index in [1.165, 1.54) is 10.7 Å². The van der Waals surface area contributed by atoms with Crippen molar-refractivity contribution in [2.45, 2.75) is 31.3 Å². The zero-order valence-corrected chi connectivity index (χ0v) is 16.5. The summed E-state index contributed by atoms with van der Waals surface area (Å²) in [4.78, 5) is 3.50. The Morgan fingerprint density at radius 3 is 2.47 bits per heavy atom. The Bertz CT molecular complexity index is 1220. The summed E-state index contributed by atoms with van der Waals surface area (Å²) in [6, 6.07) is 4.78. The second kappa shape index (κ2) is 7.27. The Morgan fingerprint density at radius 2 is 1.87 bits per heavy atom. The van der Waals surface area contributed by atoms with Gasteiger partial charge < -0.3 is 0 Å². The van der Waals surface area contributed by atoms with Crippen molar-refractivity contribution in [3.8, 4) is 11.1 Å². The van der Waals surface area contributed by atoms with Crippen LogP contribution in [0, 0.1) is 11.9 Å². The molecular weight excluding hydrogens is 428 g/mol. The minimum absolute atomic E-state index is 0.192. The van der Waals surface area contributed by atoms with Crippen molar-refractivity contribution in [1.29, 1.82) is 0 Å². The third-order valence-corrected chi connectivity index (χ3v) is 6.03. The zero-order valence-electron chi connectivity index (χ0n) is 15.6. The predicted molar refractivity (Wildman–Crippen MR) is 98.1 cm³/mol. The molecular formula is C18H16F4N4O3S. The van der Waals surface area contributed by atoms with E-state index >= 15 is 0 Å². The lowest BCUT2D eigenvalue weighted by Crippen LogP contribution is -2.11. The Balaban J connectivity index is 1.82. The van der Waals surface area contributed by atoms with E-state index in [-0.39, 0.29) is 16.7 Å². The van der Waals surface area contributed by atoms with Gasteiger partial charge in [-0.2, -0.15) is 26.0 Å². The fraction of sp³-hybridized carbons (Fsp3) is 0.389. The van der Waals surface area contributed by atoms with Crippen LogP contribution in [0.4, 0.5) is 17.6 Å². The molecule has 0 amide bonds. The SMILES string of the molecule is COS(=O)(=O)Cc1ccc(-c2ccc3c(nnn3CC3CC3)c2C(F)(F)F)c(F)n1. The third-order valence-electron chi connectivity index (χ3n) is 4.87. The van der Waals surface area contributed by atoms with Gasteiger partial charge in [0.05, 0.1) is 23.9 Å². The van der Waals surface area contributed by atoms with Gasteiger partial charge >= 0.3 is 6.18 Å². The molecule has 1 fully saturated rings. The number of fused-ring (bicyclic) bond motifs is 1. The first-order chi connectivity index (χ1) is 14.1. The molecule has 4 rings (SSSR count). The molecule has 1 saturated carbocycles. The monoisotopic (exact) mass is 444 g/mol. The highest BCUT2D eigenvalue weighted by molar-refractivity contribution is 7.85. The molecule has 0 bridgehead atoms. The Hall–Kier alpha value is -2.60. The van der Waals surface area contributed by atoms with Crippen molar-refractivity contribution in [3.63, 3.8) is 0 Å². The summed E-state index contributed by atoms with van der Waals surface area (Å²) >= 11 is 0. The molecule has 12 heteroatoms. The Morgan fingerprint density at radius 1 is 1.17 bits per heavy atom. The Labute approximate surface area is 168 Å². The molecule has 30 heavy (non-hydrogen) atoms. The first kappa shape index (κ1) is 20.7. The molecule has 0 N–H and O–H groups in total. The van der Waals surface area contributed by atoms with Crippen molar-refractivity contribution < 1.29 is 30.2 Å². The number of hydrogen-bond acceptors (Lipinski definition) is 6. The molecule has 0 aliphatic heterocycles. The first-order valence-electron chi connectivity index (χ1n) is 8.96. The third kappa shape index (κ3) is 4.01. The smallest absolute Gasteiger partial charge is 0.273 e. The van der Waals surface area contributed by atoms with Crippen LogP contribution >= 0.6 is 0 Å². The van der Waals surface area contributed by atoms with Gasteiger partial charge in [0.25, 0.3) is 10.1 Å². The number of alkyl halides is 3. The maximum atomic E-state index is 14.6. The summed E-state index contributed by atoms with van der Waals surface area (Å²) in [5.41, 5.74) is -2.32. The van der Waals surface area contributed by atoms with Crippen molar-refractivity contribution in [1.82, 2.24) is 20.0 Å². The van der Waals surface area contributed by atoms with E-state index < -0.39 is 44.7 Å². The van der Waals surface area contributed by atoms with Gasteiger partial charge in [-0.05, 0) is 37.0 Å². The largest absolute Gasteiger partial charge is 0.419 e. The lowest BCUT2D eigenvalue weighted by atomic mass is 9.98. The van der Waals surface area contributed by atoms with Gasteiger partial charge in [-0.25, -0.2) is 9.67 Å². The summed E-state index contributed by atoms with van der Waals surface area (Å²) in [6.07, 6.45) is -2.83. The topological polar surface area (TPSA) is 87.0 Å². The van der Waals surface area contributed by atoms with Crippen molar-refractivity contribution >= 4 is 21.2 Å². The molecule has 0 spiro atoms. The fourth-order valence-electron chi connectivity index (χ4n) is 3.22. The average molecular weight is 444 g/mol. The molecule has 0 atom stereocenters.